The van der Waals surface area contributed by atoms with Crippen molar-refractivity contribution >= 4 is 17.6 Å². The van der Waals surface area contributed by atoms with Gasteiger partial charge in [0, 0.05) is 11.1 Å². The monoisotopic (exact) mass is 204 g/mol. The van der Waals surface area contributed by atoms with E-state index in [1.54, 1.807) is 6.07 Å². The van der Waals surface area contributed by atoms with E-state index in [1.165, 1.54) is 18.2 Å². The van der Waals surface area contributed by atoms with Gasteiger partial charge in [-0.25, -0.2) is 0 Å². The lowest BCUT2D eigenvalue weighted by Crippen LogP contribution is -2.40. The number of aliphatic hydroxyl groups is 2. The van der Waals surface area contributed by atoms with Crippen molar-refractivity contribution in [2.75, 3.05) is 0 Å². The minimum Gasteiger partial charge on any atom is -0.353 e. The van der Waals surface area contributed by atoms with E-state index in [2.05, 4.69) is 6.58 Å². The molecule has 15 heavy (non-hydrogen) atoms. The van der Waals surface area contributed by atoms with Gasteiger partial charge < -0.3 is 10.2 Å². The van der Waals surface area contributed by atoms with E-state index < -0.39 is 17.4 Å². The summed E-state index contributed by atoms with van der Waals surface area (Å²) in [6.07, 6.45) is 1.51. The van der Waals surface area contributed by atoms with Crippen molar-refractivity contribution in [3.63, 3.8) is 0 Å². The van der Waals surface area contributed by atoms with Gasteiger partial charge in [0.25, 0.3) is 5.79 Å². The Morgan fingerprint density at radius 2 is 1.73 bits per heavy atom. The van der Waals surface area contributed by atoms with Gasteiger partial charge in [0.15, 0.2) is 0 Å². The van der Waals surface area contributed by atoms with Crippen LogP contribution in [0.3, 0.4) is 0 Å². The molecule has 4 heteroatoms. The maximum atomic E-state index is 11.4. The number of carbonyl (C=O) groups is 2. The van der Waals surface area contributed by atoms with Gasteiger partial charge in [0.1, 0.15) is 0 Å². The molecule has 0 fully saturated rings. The van der Waals surface area contributed by atoms with Gasteiger partial charge in [-0.05, 0) is 17.7 Å². The third-order valence-corrected chi connectivity index (χ3v) is 2.40. The summed E-state index contributed by atoms with van der Waals surface area (Å²) in [5.74, 6) is -4.86. The predicted octanol–water partition coefficient (Wildman–Crippen LogP) is 0.389. The van der Waals surface area contributed by atoms with E-state index in [0.717, 1.165) is 0 Å². The van der Waals surface area contributed by atoms with Gasteiger partial charge >= 0.3 is 0 Å². The van der Waals surface area contributed by atoms with Crippen molar-refractivity contribution in [3.05, 3.63) is 41.5 Å². The highest BCUT2D eigenvalue weighted by Gasteiger charge is 2.50. The maximum absolute atomic E-state index is 11.4. The number of hydrogen-bond donors (Lipinski definition) is 2. The SMILES string of the molecule is C=Cc1ccc2c(c1)C(=O)C(O)(O)C2=O. The lowest BCUT2D eigenvalue weighted by molar-refractivity contribution is -0.0857. The zero-order valence-corrected chi connectivity index (χ0v) is 7.73. The predicted molar refractivity (Wildman–Crippen MR) is 52.4 cm³/mol. The van der Waals surface area contributed by atoms with Crippen LogP contribution in [-0.2, 0) is 0 Å². The molecule has 0 radical (unpaired) electrons. The second-order valence-corrected chi connectivity index (χ2v) is 3.34. The second kappa shape index (κ2) is 2.85. The number of benzene rings is 1. The van der Waals surface area contributed by atoms with E-state index in [9.17, 15) is 19.8 Å². The Morgan fingerprint density at radius 3 is 2.33 bits per heavy atom. The van der Waals surface area contributed by atoms with E-state index in [1.807, 2.05) is 0 Å². The van der Waals surface area contributed by atoms with Gasteiger partial charge in [-0.3, -0.25) is 9.59 Å². The molecule has 0 amide bonds. The Hall–Kier alpha value is -1.78. The molecule has 0 spiro atoms. The van der Waals surface area contributed by atoms with Crippen molar-refractivity contribution in [2.24, 2.45) is 0 Å². The first-order valence-electron chi connectivity index (χ1n) is 4.29. The molecule has 1 aliphatic carbocycles. The van der Waals surface area contributed by atoms with Crippen LogP contribution in [0.25, 0.3) is 6.08 Å². The van der Waals surface area contributed by atoms with Gasteiger partial charge in [0.2, 0.25) is 11.6 Å². The van der Waals surface area contributed by atoms with Crippen molar-refractivity contribution in [1.82, 2.24) is 0 Å². The summed E-state index contributed by atoms with van der Waals surface area (Å²) in [6.45, 7) is 3.52. The van der Waals surface area contributed by atoms with Crippen LogP contribution in [0, 0.1) is 0 Å². The number of hydrogen-bond acceptors (Lipinski definition) is 4. The molecule has 0 saturated carbocycles. The molecule has 0 bridgehead atoms. The number of Topliss-reactive ketones (excluding diaryl/α,β-unsaturated/α-hetero) is 2. The lowest BCUT2D eigenvalue weighted by atomic mass is 10.1. The minimum absolute atomic E-state index is 0.0300. The molecule has 0 unspecified atom stereocenters. The highest BCUT2D eigenvalue weighted by molar-refractivity contribution is 6.30. The Balaban J connectivity index is 2.68. The normalized spacial score (nSPS) is 17.7. The highest BCUT2D eigenvalue weighted by atomic mass is 16.5. The molecule has 4 nitrogen and oxygen atoms in total. The molecule has 1 aromatic rings. The Morgan fingerprint density at radius 1 is 1.13 bits per heavy atom. The van der Waals surface area contributed by atoms with E-state index >= 15 is 0 Å². The zero-order valence-electron chi connectivity index (χ0n) is 7.73. The van der Waals surface area contributed by atoms with Gasteiger partial charge in [0.05, 0.1) is 0 Å². The van der Waals surface area contributed by atoms with Crippen LogP contribution in [0.1, 0.15) is 26.3 Å². The van der Waals surface area contributed by atoms with Gasteiger partial charge in [-0.15, -0.1) is 0 Å². The van der Waals surface area contributed by atoms with Crippen LogP contribution in [0.15, 0.2) is 24.8 Å². The second-order valence-electron chi connectivity index (χ2n) is 3.34. The number of fused-ring (bicyclic) bond motifs is 1. The van der Waals surface area contributed by atoms with Crippen LogP contribution in [-0.4, -0.2) is 27.6 Å². The summed E-state index contributed by atoms with van der Waals surface area (Å²) in [5, 5.41) is 18.5. The van der Waals surface area contributed by atoms with Crippen molar-refractivity contribution in [3.8, 4) is 0 Å². The van der Waals surface area contributed by atoms with Crippen molar-refractivity contribution in [2.45, 2.75) is 5.79 Å². The Kier molecular flexibility index (Phi) is 1.86. The quantitative estimate of drug-likeness (QED) is 0.512. The average Bonchev–Trinajstić information content (AvgIpc) is 2.40. The summed E-state index contributed by atoms with van der Waals surface area (Å²) in [5.41, 5.74) is 0.714. The molecule has 76 valence electrons. The molecule has 1 aliphatic rings. The largest absolute Gasteiger partial charge is 0.353 e. The van der Waals surface area contributed by atoms with Crippen molar-refractivity contribution in [1.29, 1.82) is 0 Å². The molecule has 0 heterocycles. The first-order chi connectivity index (χ1) is 6.98. The standard InChI is InChI=1S/C11H8O4/c1-2-6-3-4-7-8(5-6)10(13)11(14,15)9(7)12/h2-5,14-15H,1H2. The number of ketones is 2. The first-order valence-corrected chi connectivity index (χ1v) is 4.29. The highest BCUT2D eigenvalue weighted by Crippen LogP contribution is 2.29. The van der Waals surface area contributed by atoms with Crippen LogP contribution >= 0.6 is 0 Å². The summed E-state index contributed by atoms with van der Waals surface area (Å²) >= 11 is 0. The first kappa shape index (κ1) is 9.76. The third-order valence-electron chi connectivity index (χ3n) is 2.40. The maximum Gasteiger partial charge on any atom is 0.295 e. The Bertz CT molecular complexity index is 485. The average molecular weight is 204 g/mol. The molecule has 2 N–H and O–H groups in total. The van der Waals surface area contributed by atoms with Crippen LogP contribution < -0.4 is 0 Å². The molecule has 0 aliphatic heterocycles. The molecule has 2 rings (SSSR count). The van der Waals surface area contributed by atoms with Crippen LogP contribution in [0.2, 0.25) is 0 Å². The fourth-order valence-corrected chi connectivity index (χ4v) is 1.55. The molecule has 1 aromatic carbocycles. The molecule has 0 atom stereocenters. The fraction of sp³-hybridized carbons (Fsp3) is 0.0909. The number of carbonyl (C=O) groups excluding carboxylic acids is 2. The molecular weight excluding hydrogens is 196 g/mol. The zero-order chi connectivity index (χ0) is 11.2. The smallest absolute Gasteiger partial charge is 0.295 e. The summed E-state index contributed by atoms with van der Waals surface area (Å²) in [6, 6.07) is 4.38. The Labute approximate surface area is 85.5 Å². The summed E-state index contributed by atoms with van der Waals surface area (Å²) < 4.78 is 0. The van der Waals surface area contributed by atoms with E-state index in [0.29, 0.717) is 5.56 Å². The molecular formula is C11H8O4. The molecule has 0 saturated heterocycles. The lowest BCUT2D eigenvalue weighted by Gasteiger charge is -2.08. The van der Waals surface area contributed by atoms with Gasteiger partial charge in [-0.1, -0.05) is 18.7 Å². The number of rotatable bonds is 1. The fourth-order valence-electron chi connectivity index (χ4n) is 1.55. The third kappa shape index (κ3) is 1.16. The van der Waals surface area contributed by atoms with E-state index in [4.69, 9.17) is 0 Å². The van der Waals surface area contributed by atoms with Crippen molar-refractivity contribution < 1.29 is 19.8 Å². The van der Waals surface area contributed by atoms with Gasteiger partial charge in [-0.2, -0.15) is 0 Å². The molecule has 0 aromatic heterocycles. The summed E-state index contributed by atoms with van der Waals surface area (Å²) in [7, 11) is 0. The topological polar surface area (TPSA) is 74.6 Å². The van der Waals surface area contributed by atoms with Crippen LogP contribution in [0.5, 0.6) is 0 Å². The minimum atomic E-state index is -2.90. The summed E-state index contributed by atoms with van der Waals surface area (Å²) in [4.78, 5) is 22.8. The van der Waals surface area contributed by atoms with Crippen LogP contribution in [0.4, 0.5) is 0 Å². The van der Waals surface area contributed by atoms with E-state index in [-0.39, 0.29) is 11.1 Å².